The maximum absolute atomic E-state index is 14.1. The van der Waals surface area contributed by atoms with Crippen LogP contribution in [0.15, 0.2) is 12.2 Å². The van der Waals surface area contributed by atoms with Gasteiger partial charge in [0.1, 0.15) is 12.7 Å². The largest absolute Gasteiger partial charge is 0.461 e. The fraction of sp³-hybridized carbons (Fsp3) is 0.737. The molecular formula is C19H19F13O7. The second kappa shape index (κ2) is 12.6. The molecule has 0 spiro atoms. The topological polar surface area (TPSA) is 88.1 Å². The van der Waals surface area contributed by atoms with E-state index in [1.165, 1.54) is 6.92 Å². The van der Waals surface area contributed by atoms with Crippen LogP contribution in [0.2, 0.25) is 0 Å². The molecule has 0 fully saturated rings. The summed E-state index contributed by atoms with van der Waals surface area (Å²) in [6, 6.07) is 0. The van der Waals surface area contributed by atoms with Crippen LogP contribution in [0.5, 0.6) is 0 Å². The molecule has 0 aliphatic rings. The van der Waals surface area contributed by atoms with Gasteiger partial charge in [-0.15, -0.1) is 0 Å². The van der Waals surface area contributed by atoms with Crippen molar-refractivity contribution in [1.82, 2.24) is 0 Å². The summed E-state index contributed by atoms with van der Waals surface area (Å²) in [4.78, 5) is 33.7. The van der Waals surface area contributed by atoms with Gasteiger partial charge in [-0.2, -0.15) is 52.7 Å². The molecule has 39 heavy (non-hydrogen) atoms. The molecule has 0 N–H and O–H groups in total. The smallest absolute Gasteiger partial charge is 0.438 e. The number of rotatable bonds is 14. The standard InChI is InChI=1S/C19H19F13O7/c1-9(2)12(34)38-8-11(33)37-5-4-36-7-10(39-13(35)14(3,20)21)6-15(22,23)17(25,26)16(24,18(27,28)29)19(30,31)32/h10H,1,4-8H2,2-3H3. The molecule has 0 saturated heterocycles. The van der Waals surface area contributed by atoms with E-state index in [0.29, 0.717) is 0 Å². The zero-order valence-electron chi connectivity index (χ0n) is 19.6. The molecule has 0 heterocycles. The van der Waals surface area contributed by atoms with Crippen molar-refractivity contribution >= 4 is 17.9 Å². The fourth-order valence-electron chi connectivity index (χ4n) is 2.29. The Morgan fingerprint density at radius 3 is 1.69 bits per heavy atom. The minimum atomic E-state index is -7.82. The van der Waals surface area contributed by atoms with Crippen LogP contribution in [0, 0.1) is 0 Å². The zero-order valence-corrected chi connectivity index (χ0v) is 19.6. The third-order valence-corrected chi connectivity index (χ3v) is 4.25. The van der Waals surface area contributed by atoms with Crippen LogP contribution in [0.4, 0.5) is 57.1 Å². The van der Waals surface area contributed by atoms with Gasteiger partial charge in [-0.3, -0.25) is 0 Å². The van der Waals surface area contributed by atoms with Gasteiger partial charge in [0.05, 0.1) is 19.6 Å². The van der Waals surface area contributed by atoms with Crippen molar-refractivity contribution in [2.24, 2.45) is 0 Å². The predicted molar refractivity (Wildman–Crippen MR) is 98.5 cm³/mol. The van der Waals surface area contributed by atoms with Gasteiger partial charge in [-0.1, -0.05) is 6.58 Å². The van der Waals surface area contributed by atoms with Crippen molar-refractivity contribution in [1.29, 1.82) is 0 Å². The first kappa shape index (κ1) is 36.2. The van der Waals surface area contributed by atoms with E-state index in [1.54, 1.807) is 0 Å². The highest BCUT2D eigenvalue weighted by molar-refractivity contribution is 5.88. The average molecular weight is 606 g/mol. The van der Waals surface area contributed by atoms with Crippen molar-refractivity contribution in [3.63, 3.8) is 0 Å². The number of carbonyl (C=O) groups excluding carboxylic acids is 3. The highest BCUT2D eigenvalue weighted by Crippen LogP contribution is 2.60. The van der Waals surface area contributed by atoms with Crippen LogP contribution in [0.25, 0.3) is 0 Å². The number of ether oxygens (including phenoxy) is 4. The molecule has 0 saturated carbocycles. The van der Waals surface area contributed by atoms with Crippen LogP contribution in [-0.4, -0.2) is 86.2 Å². The Morgan fingerprint density at radius 2 is 1.28 bits per heavy atom. The second-order valence-electron chi connectivity index (χ2n) is 7.70. The lowest BCUT2D eigenvalue weighted by atomic mass is 9.88. The van der Waals surface area contributed by atoms with E-state index in [9.17, 15) is 71.5 Å². The molecule has 20 heteroatoms. The van der Waals surface area contributed by atoms with Gasteiger partial charge in [0.25, 0.3) is 0 Å². The third kappa shape index (κ3) is 9.13. The number of esters is 3. The van der Waals surface area contributed by atoms with Crippen LogP contribution in [0.1, 0.15) is 20.3 Å². The summed E-state index contributed by atoms with van der Waals surface area (Å²) in [5, 5.41) is 0. The van der Waals surface area contributed by atoms with Gasteiger partial charge in [0.15, 0.2) is 6.61 Å². The Morgan fingerprint density at radius 1 is 0.795 bits per heavy atom. The Balaban J connectivity index is 5.63. The van der Waals surface area contributed by atoms with E-state index >= 15 is 0 Å². The lowest BCUT2D eigenvalue weighted by Gasteiger charge is -2.40. The van der Waals surface area contributed by atoms with Crippen molar-refractivity contribution in [2.45, 2.75) is 62.2 Å². The summed E-state index contributed by atoms with van der Waals surface area (Å²) in [6.07, 6.45) is -21.4. The Hall–Kier alpha value is -2.80. The zero-order chi connectivity index (χ0) is 31.3. The van der Waals surface area contributed by atoms with Gasteiger partial charge in [0, 0.05) is 12.5 Å². The number of carbonyl (C=O) groups is 3. The molecule has 0 aliphatic heterocycles. The summed E-state index contributed by atoms with van der Waals surface area (Å²) < 4.78 is 189. The number of alkyl halides is 13. The van der Waals surface area contributed by atoms with E-state index in [-0.39, 0.29) is 12.5 Å². The van der Waals surface area contributed by atoms with Gasteiger partial charge < -0.3 is 18.9 Å². The SMILES string of the molecule is C=C(C)C(=O)OCC(=O)OCCOCC(CC(F)(F)C(F)(F)C(F)(C(F)(F)F)C(F)(F)F)OC(=O)C(C)(F)F. The molecule has 0 aromatic rings. The van der Waals surface area contributed by atoms with Crippen LogP contribution >= 0.6 is 0 Å². The molecule has 0 aromatic heterocycles. The highest BCUT2D eigenvalue weighted by atomic mass is 19.4. The molecule has 0 amide bonds. The first-order chi connectivity index (χ1) is 17.2. The number of hydrogen-bond acceptors (Lipinski definition) is 7. The maximum atomic E-state index is 14.1. The number of hydrogen-bond donors (Lipinski definition) is 0. The molecule has 0 bridgehead atoms. The Bertz CT molecular complexity index is 878. The van der Waals surface area contributed by atoms with Crippen LogP contribution in [0.3, 0.4) is 0 Å². The third-order valence-electron chi connectivity index (χ3n) is 4.25. The molecule has 7 nitrogen and oxygen atoms in total. The Labute approximate surface area is 210 Å². The average Bonchev–Trinajstić information content (AvgIpc) is 2.73. The van der Waals surface area contributed by atoms with E-state index < -0.39 is 92.6 Å². The second-order valence-corrected chi connectivity index (χ2v) is 7.70. The van der Waals surface area contributed by atoms with Crippen LogP contribution in [-0.2, 0) is 33.3 Å². The molecule has 1 unspecified atom stereocenters. The molecule has 1 atom stereocenters. The first-order valence-corrected chi connectivity index (χ1v) is 9.95. The summed E-state index contributed by atoms with van der Waals surface area (Å²) in [5.74, 6) is -23.7. The normalized spacial score (nSPS) is 14.4. The van der Waals surface area contributed by atoms with Gasteiger partial charge in [-0.25, -0.2) is 18.8 Å². The van der Waals surface area contributed by atoms with Crippen LogP contribution < -0.4 is 0 Å². The quantitative estimate of drug-likeness (QED) is 0.0930. The van der Waals surface area contributed by atoms with E-state index in [1.807, 2.05) is 0 Å². The Kier molecular flexibility index (Phi) is 11.7. The van der Waals surface area contributed by atoms with E-state index in [4.69, 9.17) is 0 Å². The minimum Gasteiger partial charge on any atom is -0.461 e. The maximum Gasteiger partial charge on any atom is 0.438 e. The lowest BCUT2D eigenvalue weighted by Crippen LogP contribution is -2.70. The highest BCUT2D eigenvalue weighted by Gasteiger charge is 2.90. The molecule has 0 aliphatic carbocycles. The van der Waals surface area contributed by atoms with Gasteiger partial charge in [-0.05, 0) is 6.92 Å². The summed E-state index contributed by atoms with van der Waals surface area (Å²) in [5.41, 5.74) is -7.93. The van der Waals surface area contributed by atoms with E-state index in [0.717, 1.165) is 0 Å². The molecule has 228 valence electrons. The van der Waals surface area contributed by atoms with Crippen molar-refractivity contribution < 1.29 is 90.4 Å². The molecule has 0 rings (SSSR count). The van der Waals surface area contributed by atoms with E-state index in [2.05, 4.69) is 25.5 Å². The number of halogens is 13. The minimum absolute atomic E-state index is 0.109. The van der Waals surface area contributed by atoms with Crippen molar-refractivity contribution in [2.75, 3.05) is 26.4 Å². The van der Waals surface area contributed by atoms with Crippen molar-refractivity contribution in [3.8, 4) is 0 Å². The first-order valence-electron chi connectivity index (χ1n) is 9.95. The summed E-state index contributed by atoms with van der Waals surface area (Å²) in [7, 11) is 0. The molecule has 0 aromatic carbocycles. The lowest BCUT2D eigenvalue weighted by molar-refractivity contribution is -0.428. The predicted octanol–water partition coefficient (Wildman–Crippen LogP) is 4.73. The monoisotopic (exact) mass is 606 g/mol. The molecule has 0 radical (unpaired) electrons. The van der Waals surface area contributed by atoms with Gasteiger partial charge >= 0.3 is 53.7 Å². The fourth-order valence-corrected chi connectivity index (χ4v) is 2.29. The molecular weight excluding hydrogens is 587 g/mol. The summed E-state index contributed by atoms with van der Waals surface area (Å²) in [6.45, 7) is -0.201. The van der Waals surface area contributed by atoms with Gasteiger partial charge in [0.2, 0.25) is 0 Å². The van der Waals surface area contributed by atoms with Crippen molar-refractivity contribution in [3.05, 3.63) is 12.2 Å². The summed E-state index contributed by atoms with van der Waals surface area (Å²) >= 11 is 0.